The Balaban J connectivity index is 1.46. The number of aryl methyl sites for hydroxylation is 1. The van der Waals surface area contributed by atoms with Crippen LogP contribution >= 0.6 is 0 Å². The second kappa shape index (κ2) is 8.82. The van der Waals surface area contributed by atoms with Crippen LogP contribution < -0.4 is 4.74 Å². The van der Waals surface area contributed by atoms with Crippen molar-refractivity contribution in [1.29, 1.82) is 0 Å². The first-order valence-corrected chi connectivity index (χ1v) is 11.0. The average Bonchev–Trinajstić information content (AvgIpc) is 3.33. The smallest absolute Gasteiger partial charge is 0.245 e. The second-order valence-corrected chi connectivity index (χ2v) is 8.30. The van der Waals surface area contributed by atoms with Crippen molar-refractivity contribution >= 4 is 16.8 Å². The molecule has 1 aliphatic heterocycles. The molecule has 0 radical (unpaired) electrons. The van der Waals surface area contributed by atoms with E-state index in [0.717, 1.165) is 51.9 Å². The van der Waals surface area contributed by atoms with Crippen molar-refractivity contribution in [2.24, 2.45) is 0 Å². The van der Waals surface area contributed by atoms with Gasteiger partial charge in [-0.3, -0.25) is 4.79 Å². The summed E-state index contributed by atoms with van der Waals surface area (Å²) in [5.74, 6) is 1.49. The summed E-state index contributed by atoms with van der Waals surface area (Å²) >= 11 is 0. The van der Waals surface area contributed by atoms with E-state index in [1.807, 2.05) is 60.6 Å². The van der Waals surface area contributed by atoms with E-state index in [1.54, 1.807) is 6.33 Å². The third-order valence-corrected chi connectivity index (χ3v) is 6.03. The van der Waals surface area contributed by atoms with E-state index in [4.69, 9.17) is 4.74 Å². The third-order valence-electron chi connectivity index (χ3n) is 6.03. The molecule has 5 rings (SSSR count). The Morgan fingerprint density at radius 3 is 2.82 bits per heavy atom. The molecule has 6 heteroatoms. The molecule has 1 unspecified atom stereocenters. The van der Waals surface area contributed by atoms with Gasteiger partial charge in [0.25, 0.3) is 0 Å². The molecule has 1 atom stereocenters. The lowest BCUT2D eigenvalue weighted by Gasteiger charge is -2.17. The van der Waals surface area contributed by atoms with E-state index in [0.29, 0.717) is 12.4 Å². The van der Waals surface area contributed by atoms with Crippen molar-refractivity contribution in [3.8, 4) is 22.8 Å². The minimum atomic E-state index is -0.0269. The van der Waals surface area contributed by atoms with Gasteiger partial charge in [-0.15, -0.1) is 0 Å². The number of hydrogen-bond donors (Lipinski definition) is 0. The predicted octanol–water partition coefficient (Wildman–Crippen LogP) is 5.29. The van der Waals surface area contributed by atoms with Gasteiger partial charge in [-0.1, -0.05) is 18.7 Å². The molecule has 1 fully saturated rings. The molecular formula is C27H24N4O2. The lowest BCUT2D eigenvalue weighted by molar-refractivity contribution is -0.125. The van der Waals surface area contributed by atoms with Gasteiger partial charge in [-0.25, -0.2) is 15.0 Å². The van der Waals surface area contributed by atoms with Crippen LogP contribution in [0.1, 0.15) is 23.5 Å². The number of ether oxygens (including phenoxy) is 1. The lowest BCUT2D eigenvalue weighted by atomic mass is 9.92. The van der Waals surface area contributed by atoms with Gasteiger partial charge in [0.1, 0.15) is 12.1 Å². The Morgan fingerprint density at radius 1 is 1.12 bits per heavy atom. The zero-order chi connectivity index (χ0) is 22.8. The Morgan fingerprint density at radius 2 is 2.03 bits per heavy atom. The largest absolute Gasteiger partial charge is 0.439 e. The van der Waals surface area contributed by atoms with Crippen molar-refractivity contribution in [3.05, 3.63) is 91.0 Å². The van der Waals surface area contributed by atoms with Crippen LogP contribution in [-0.2, 0) is 4.79 Å². The number of likely N-dealkylation sites (tertiary alicyclic amines) is 1. The highest BCUT2D eigenvalue weighted by atomic mass is 16.5. The van der Waals surface area contributed by atoms with Crippen LogP contribution in [-0.4, -0.2) is 38.8 Å². The number of fused-ring (bicyclic) bond motifs is 1. The number of rotatable bonds is 5. The minimum absolute atomic E-state index is 0.0269. The summed E-state index contributed by atoms with van der Waals surface area (Å²) in [6.07, 6.45) is 7.50. The Hall–Kier alpha value is -4.06. The molecule has 1 saturated heterocycles. The van der Waals surface area contributed by atoms with Crippen molar-refractivity contribution < 1.29 is 9.53 Å². The maximum Gasteiger partial charge on any atom is 0.245 e. The first-order chi connectivity index (χ1) is 16.1. The number of benzene rings is 2. The van der Waals surface area contributed by atoms with Crippen molar-refractivity contribution in [2.75, 3.05) is 13.1 Å². The van der Waals surface area contributed by atoms with Crippen molar-refractivity contribution in [1.82, 2.24) is 19.9 Å². The fraction of sp³-hybridized carbons (Fsp3) is 0.185. The zero-order valence-electron chi connectivity index (χ0n) is 18.4. The lowest BCUT2D eigenvalue weighted by Crippen LogP contribution is -2.26. The molecule has 0 N–H and O–H groups in total. The van der Waals surface area contributed by atoms with E-state index in [2.05, 4.69) is 33.7 Å². The van der Waals surface area contributed by atoms with Crippen LogP contribution in [0.3, 0.4) is 0 Å². The van der Waals surface area contributed by atoms with Crippen LogP contribution in [0.4, 0.5) is 0 Å². The average molecular weight is 437 g/mol. The van der Waals surface area contributed by atoms with E-state index in [-0.39, 0.29) is 11.8 Å². The summed E-state index contributed by atoms with van der Waals surface area (Å²) < 4.78 is 5.89. The molecule has 2 aromatic carbocycles. The highest BCUT2D eigenvalue weighted by molar-refractivity contribution is 5.89. The quantitative estimate of drug-likeness (QED) is 0.398. The minimum Gasteiger partial charge on any atom is -0.439 e. The summed E-state index contributed by atoms with van der Waals surface area (Å²) in [6, 6.07) is 16.0. The number of hydrogen-bond acceptors (Lipinski definition) is 5. The Labute approximate surface area is 192 Å². The van der Waals surface area contributed by atoms with Gasteiger partial charge < -0.3 is 9.64 Å². The van der Waals surface area contributed by atoms with Crippen LogP contribution in [0.15, 0.2) is 79.9 Å². The van der Waals surface area contributed by atoms with Crippen LogP contribution in [0.25, 0.3) is 22.0 Å². The van der Waals surface area contributed by atoms with Gasteiger partial charge >= 0.3 is 0 Å². The predicted molar refractivity (Wildman–Crippen MR) is 128 cm³/mol. The van der Waals surface area contributed by atoms with E-state index in [1.165, 1.54) is 6.08 Å². The third kappa shape index (κ3) is 4.32. The van der Waals surface area contributed by atoms with Crippen molar-refractivity contribution in [2.45, 2.75) is 19.3 Å². The van der Waals surface area contributed by atoms with Crippen LogP contribution in [0.2, 0.25) is 0 Å². The van der Waals surface area contributed by atoms with Gasteiger partial charge in [-0.2, -0.15) is 0 Å². The summed E-state index contributed by atoms with van der Waals surface area (Å²) in [4.78, 5) is 27.2. The van der Waals surface area contributed by atoms with E-state index < -0.39 is 0 Å². The van der Waals surface area contributed by atoms with Crippen LogP contribution in [0, 0.1) is 6.92 Å². The SMILES string of the molecule is C=CC(=O)N1CCC(c2cc(-c3ccc(Oc4cccc(C)c4)nc3)cc3cncnc23)C1. The summed E-state index contributed by atoms with van der Waals surface area (Å²) in [5.41, 5.74) is 5.21. The first-order valence-electron chi connectivity index (χ1n) is 11.0. The standard InChI is InChI=1S/C27H24N4O2/c1-3-26(32)31-10-9-20(16-31)24-13-21(12-22-14-28-17-30-27(22)24)19-7-8-25(29-15-19)33-23-6-4-5-18(2)11-23/h3-8,11-15,17,20H,1,9-10,16H2,2H3. The zero-order valence-corrected chi connectivity index (χ0v) is 18.4. The fourth-order valence-corrected chi connectivity index (χ4v) is 4.36. The summed E-state index contributed by atoms with van der Waals surface area (Å²) in [5, 5.41) is 0.971. The van der Waals surface area contributed by atoms with Gasteiger partial charge in [0.2, 0.25) is 11.8 Å². The molecule has 0 bridgehead atoms. The number of aromatic nitrogens is 3. The number of nitrogens with zero attached hydrogens (tertiary/aromatic N) is 4. The molecule has 1 aliphatic rings. The van der Waals surface area contributed by atoms with E-state index in [9.17, 15) is 4.79 Å². The van der Waals surface area contributed by atoms with Gasteiger partial charge in [0.05, 0.1) is 5.52 Å². The topological polar surface area (TPSA) is 68.2 Å². The summed E-state index contributed by atoms with van der Waals surface area (Å²) in [6.45, 7) is 7.03. The van der Waals surface area contributed by atoms with Crippen LogP contribution in [0.5, 0.6) is 11.6 Å². The second-order valence-electron chi connectivity index (χ2n) is 8.30. The molecule has 1 amide bonds. The first kappa shape index (κ1) is 20.8. The van der Waals surface area contributed by atoms with Gasteiger partial charge in [-0.05, 0) is 66.4 Å². The molecule has 6 nitrogen and oxygen atoms in total. The maximum atomic E-state index is 12.1. The fourth-order valence-electron chi connectivity index (χ4n) is 4.36. The Kier molecular flexibility index (Phi) is 5.57. The molecule has 33 heavy (non-hydrogen) atoms. The number of amides is 1. The monoisotopic (exact) mass is 436 g/mol. The molecule has 3 heterocycles. The molecule has 164 valence electrons. The highest BCUT2D eigenvalue weighted by Crippen LogP contribution is 2.35. The number of pyridine rings is 1. The maximum absolute atomic E-state index is 12.1. The molecule has 2 aromatic heterocycles. The van der Waals surface area contributed by atoms with Crippen molar-refractivity contribution in [3.63, 3.8) is 0 Å². The highest BCUT2D eigenvalue weighted by Gasteiger charge is 2.28. The normalized spacial score (nSPS) is 15.5. The molecule has 0 saturated carbocycles. The number of carbonyl (C=O) groups excluding carboxylic acids is 1. The van der Waals surface area contributed by atoms with E-state index >= 15 is 0 Å². The number of carbonyl (C=O) groups is 1. The molecule has 0 aliphatic carbocycles. The molecule has 4 aromatic rings. The summed E-state index contributed by atoms with van der Waals surface area (Å²) in [7, 11) is 0. The Bertz CT molecular complexity index is 1330. The molecular weight excluding hydrogens is 412 g/mol. The van der Waals surface area contributed by atoms with Gasteiger partial charge in [0, 0.05) is 48.4 Å². The molecule has 0 spiro atoms. The van der Waals surface area contributed by atoms with Gasteiger partial charge in [0.15, 0.2) is 0 Å².